The highest BCUT2D eigenvalue weighted by Gasteiger charge is 2.20. The second-order valence-corrected chi connectivity index (χ2v) is 4.66. The van der Waals surface area contributed by atoms with Gasteiger partial charge >= 0.3 is 7.12 Å². The topological polar surface area (TPSA) is 52.9 Å². The maximum Gasteiger partial charge on any atom is 0.488 e. The lowest BCUT2D eigenvalue weighted by atomic mass is 9.79. The molecule has 1 heterocycles. The van der Waals surface area contributed by atoms with Crippen molar-refractivity contribution in [1.82, 2.24) is 4.90 Å². The molecule has 1 saturated heterocycles. The summed E-state index contributed by atoms with van der Waals surface area (Å²) in [6, 6.07) is 4.46. The van der Waals surface area contributed by atoms with Crippen LogP contribution in [0.2, 0.25) is 0 Å². The highest BCUT2D eigenvalue weighted by molar-refractivity contribution is 6.58. The summed E-state index contributed by atoms with van der Waals surface area (Å²) in [5.41, 5.74) is 0.928. The molecule has 1 atom stereocenters. The maximum absolute atomic E-state index is 13.4. The third-order valence-electron chi connectivity index (χ3n) is 3.17. The zero-order valence-corrected chi connectivity index (χ0v) is 10.3. The molecule has 0 saturated carbocycles. The van der Waals surface area contributed by atoms with E-state index < -0.39 is 12.9 Å². The van der Waals surface area contributed by atoms with Crippen LogP contribution in [0.1, 0.15) is 12.5 Å². The van der Waals surface area contributed by atoms with Gasteiger partial charge < -0.3 is 14.8 Å². The van der Waals surface area contributed by atoms with Gasteiger partial charge in [0.15, 0.2) is 0 Å². The third kappa shape index (κ3) is 3.29. The smallest absolute Gasteiger partial charge is 0.423 e. The van der Waals surface area contributed by atoms with Crippen molar-refractivity contribution in [3.63, 3.8) is 0 Å². The third-order valence-corrected chi connectivity index (χ3v) is 3.17. The molecule has 18 heavy (non-hydrogen) atoms. The van der Waals surface area contributed by atoms with Crippen molar-refractivity contribution in [2.24, 2.45) is 0 Å². The molecule has 2 rings (SSSR count). The largest absolute Gasteiger partial charge is 0.488 e. The molecule has 1 unspecified atom stereocenters. The zero-order chi connectivity index (χ0) is 13.1. The Bertz CT molecular complexity index is 416. The van der Waals surface area contributed by atoms with Gasteiger partial charge in [0.1, 0.15) is 5.82 Å². The predicted octanol–water partition coefficient (Wildman–Crippen LogP) is -0.274. The number of rotatable bonds is 3. The minimum absolute atomic E-state index is 0.186. The molecule has 1 aliphatic rings. The molecule has 0 amide bonds. The summed E-state index contributed by atoms with van der Waals surface area (Å²) in [5, 5.41) is 18.2. The standard InChI is InChI=1S/C12H17BFNO3/c1-9-8-18-3-2-15(9)7-10-4-11(13(16)17)6-12(14)5-10/h4-6,9,16-17H,2-3,7-8H2,1H3. The van der Waals surface area contributed by atoms with Gasteiger partial charge in [-0.2, -0.15) is 0 Å². The van der Waals surface area contributed by atoms with Crippen LogP contribution in [-0.2, 0) is 11.3 Å². The number of hydrogen-bond donors (Lipinski definition) is 2. The number of hydrogen-bond acceptors (Lipinski definition) is 4. The normalized spacial score (nSPS) is 21.0. The summed E-state index contributed by atoms with van der Waals surface area (Å²) in [5.74, 6) is -0.448. The fourth-order valence-electron chi connectivity index (χ4n) is 2.15. The van der Waals surface area contributed by atoms with E-state index in [2.05, 4.69) is 11.8 Å². The summed E-state index contributed by atoms with van der Waals surface area (Å²) in [7, 11) is -1.64. The van der Waals surface area contributed by atoms with Crippen LogP contribution in [0.4, 0.5) is 4.39 Å². The fourth-order valence-corrected chi connectivity index (χ4v) is 2.15. The van der Waals surface area contributed by atoms with Gasteiger partial charge in [-0.05, 0) is 30.1 Å². The average Bonchev–Trinajstić information content (AvgIpc) is 2.31. The van der Waals surface area contributed by atoms with Gasteiger partial charge in [-0.25, -0.2) is 4.39 Å². The van der Waals surface area contributed by atoms with E-state index in [9.17, 15) is 4.39 Å². The molecule has 1 aliphatic heterocycles. The summed E-state index contributed by atoms with van der Waals surface area (Å²) in [6.45, 7) is 4.79. The van der Waals surface area contributed by atoms with E-state index in [1.54, 1.807) is 6.07 Å². The lowest BCUT2D eigenvalue weighted by Crippen LogP contribution is -2.43. The van der Waals surface area contributed by atoms with Crippen LogP contribution in [0.3, 0.4) is 0 Å². The molecular formula is C12H17BFNO3. The number of ether oxygens (including phenoxy) is 1. The summed E-state index contributed by atoms with van der Waals surface area (Å²) < 4.78 is 18.7. The van der Waals surface area contributed by atoms with Crippen molar-refractivity contribution in [2.45, 2.75) is 19.5 Å². The first-order chi connectivity index (χ1) is 8.56. The monoisotopic (exact) mass is 253 g/mol. The molecule has 1 fully saturated rings. The molecule has 4 nitrogen and oxygen atoms in total. The molecule has 98 valence electrons. The van der Waals surface area contributed by atoms with Crippen molar-refractivity contribution in [3.05, 3.63) is 29.6 Å². The van der Waals surface area contributed by atoms with Crippen LogP contribution in [0, 0.1) is 5.82 Å². The quantitative estimate of drug-likeness (QED) is 0.728. The Morgan fingerprint density at radius 2 is 2.22 bits per heavy atom. The van der Waals surface area contributed by atoms with Gasteiger partial charge in [0, 0.05) is 19.1 Å². The fraction of sp³-hybridized carbons (Fsp3) is 0.500. The molecule has 2 N–H and O–H groups in total. The van der Waals surface area contributed by atoms with Crippen LogP contribution in [0.25, 0.3) is 0 Å². The molecule has 6 heteroatoms. The lowest BCUT2D eigenvalue weighted by molar-refractivity contribution is -0.00439. The SMILES string of the molecule is CC1COCCN1Cc1cc(F)cc(B(O)O)c1. The molecule has 1 aromatic carbocycles. The molecule has 0 radical (unpaired) electrons. The number of morpholine rings is 1. The second-order valence-electron chi connectivity index (χ2n) is 4.66. The van der Waals surface area contributed by atoms with Crippen LogP contribution >= 0.6 is 0 Å². The van der Waals surface area contributed by atoms with E-state index in [0.29, 0.717) is 19.8 Å². The van der Waals surface area contributed by atoms with Gasteiger partial charge in [-0.1, -0.05) is 6.07 Å². The van der Waals surface area contributed by atoms with Crippen LogP contribution in [-0.4, -0.2) is 47.9 Å². The van der Waals surface area contributed by atoms with Crippen molar-refractivity contribution in [2.75, 3.05) is 19.8 Å². The minimum Gasteiger partial charge on any atom is -0.423 e. The van der Waals surface area contributed by atoms with Crippen LogP contribution < -0.4 is 5.46 Å². The van der Waals surface area contributed by atoms with Crippen LogP contribution in [0.15, 0.2) is 18.2 Å². The Balaban J connectivity index is 2.12. The van der Waals surface area contributed by atoms with E-state index >= 15 is 0 Å². The summed E-state index contributed by atoms with van der Waals surface area (Å²) in [6.07, 6.45) is 0. The van der Waals surface area contributed by atoms with Gasteiger partial charge in [-0.15, -0.1) is 0 Å². The number of halogens is 1. The Morgan fingerprint density at radius 1 is 1.44 bits per heavy atom. The van der Waals surface area contributed by atoms with E-state index in [4.69, 9.17) is 14.8 Å². The number of nitrogens with zero attached hydrogens (tertiary/aromatic N) is 1. The average molecular weight is 253 g/mol. The highest BCUT2D eigenvalue weighted by Crippen LogP contribution is 2.12. The highest BCUT2D eigenvalue weighted by atomic mass is 19.1. The Hall–Kier alpha value is -0.945. The zero-order valence-electron chi connectivity index (χ0n) is 10.3. The van der Waals surface area contributed by atoms with E-state index in [-0.39, 0.29) is 11.5 Å². The molecular weight excluding hydrogens is 236 g/mol. The minimum atomic E-state index is -1.64. The first-order valence-corrected chi connectivity index (χ1v) is 6.03. The number of benzene rings is 1. The first kappa shape index (κ1) is 13.5. The van der Waals surface area contributed by atoms with Crippen molar-refractivity contribution >= 4 is 12.6 Å². The van der Waals surface area contributed by atoms with Gasteiger partial charge in [0.2, 0.25) is 0 Å². The Labute approximate surface area is 106 Å². The maximum atomic E-state index is 13.4. The van der Waals surface area contributed by atoms with E-state index in [1.165, 1.54) is 6.07 Å². The predicted molar refractivity (Wildman–Crippen MR) is 66.9 cm³/mol. The Kier molecular flexibility index (Phi) is 4.34. The molecule has 0 aliphatic carbocycles. The second kappa shape index (κ2) is 5.80. The summed E-state index contributed by atoms with van der Waals surface area (Å²) in [4.78, 5) is 2.19. The molecule has 0 aromatic heterocycles. The molecule has 0 bridgehead atoms. The molecule has 1 aromatic rings. The van der Waals surface area contributed by atoms with Crippen molar-refractivity contribution in [1.29, 1.82) is 0 Å². The van der Waals surface area contributed by atoms with Gasteiger partial charge in [0.25, 0.3) is 0 Å². The lowest BCUT2D eigenvalue weighted by Gasteiger charge is -2.33. The summed E-state index contributed by atoms with van der Waals surface area (Å²) >= 11 is 0. The van der Waals surface area contributed by atoms with Crippen molar-refractivity contribution in [3.8, 4) is 0 Å². The van der Waals surface area contributed by atoms with E-state index in [0.717, 1.165) is 18.2 Å². The van der Waals surface area contributed by atoms with E-state index in [1.807, 2.05) is 0 Å². The first-order valence-electron chi connectivity index (χ1n) is 6.03. The van der Waals surface area contributed by atoms with Gasteiger partial charge in [-0.3, -0.25) is 4.90 Å². The van der Waals surface area contributed by atoms with Crippen molar-refractivity contribution < 1.29 is 19.2 Å². The van der Waals surface area contributed by atoms with Gasteiger partial charge in [0.05, 0.1) is 13.2 Å². The molecule has 0 spiro atoms. The van der Waals surface area contributed by atoms with Crippen LogP contribution in [0.5, 0.6) is 0 Å². The Morgan fingerprint density at radius 3 is 2.89 bits per heavy atom.